The normalized spacial score (nSPS) is 24.4. The number of nitrogens with zero attached hydrogens (tertiary/aromatic N) is 3. The van der Waals surface area contributed by atoms with E-state index in [2.05, 4.69) is 9.97 Å². The van der Waals surface area contributed by atoms with Gasteiger partial charge in [0.05, 0.1) is 13.0 Å². The number of carbonyl (C=O) groups is 2. The first-order valence-electron chi connectivity index (χ1n) is 9.52. The van der Waals surface area contributed by atoms with E-state index in [1.807, 2.05) is 11.8 Å². The number of rotatable bonds is 5. The Bertz CT molecular complexity index is 805. The first-order valence-corrected chi connectivity index (χ1v) is 9.52. The number of aromatic nitrogens is 2. The molecule has 148 valence electrons. The minimum atomic E-state index is -0.452. The molecule has 3 rings (SSSR count). The third-order valence-electron chi connectivity index (χ3n) is 5.91. The van der Waals surface area contributed by atoms with Crippen molar-refractivity contribution in [2.24, 2.45) is 11.3 Å². The Morgan fingerprint density at radius 1 is 1.22 bits per heavy atom. The molecule has 2 fully saturated rings. The van der Waals surface area contributed by atoms with Crippen molar-refractivity contribution in [3.05, 3.63) is 27.4 Å². The molecule has 8 heteroatoms. The summed E-state index contributed by atoms with van der Waals surface area (Å²) in [5.41, 5.74) is 0.227. The Balaban J connectivity index is 1.70. The zero-order chi connectivity index (χ0) is 19.8. The number of likely N-dealkylation sites (tertiary alicyclic amines) is 2. The minimum Gasteiger partial charge on any atom is -0.396 e. The molecule has 27 heavy (non-hydrogen) atoms. The van der Waals surface area contributed by atoms with Crippen LogP contribution in [0.15, 0.2) is 4.79 Å². The summed E-state index contributed by atoms with van der Waals surface area (Å²) in [5, 5.41) is 10.0. The molecule has 1 aromatic rings. The lowest BCUT2D eigenvalue weighted by molar-refractivity contribution is -0.131. The SMILES string of the molecule is CCCC(=O)N1C[C@@H]2CN(C(=O)Cc3c(C)nc(C)[nH]c3=O)C[C@]2(CO)C1. The van der Waals surface area contributed by atoms with Crippen molar-refractivity contribution in [3.63, 3.8) is 0 Å². The Hall–Kier alpha value is -2.22. The van der Waals surface area contributed by atoms with Crippen LogP contribution in [0.4, 0.5) is 0 Å². The van der Waals surface area contributed by atoms with Crippen LogP contribution in [0.25, 0.3) is 0 Å². The Kier molecular flexibility index (Phi) is 5.37. The summed E-state index contributed by atoms with van der Waals surface area (Å²) in [7, 11) is 0. The third-order valence-corrected chi connectivity index (χ3v) is 5.91. The van der Waals surface area contributed by atoms with E-state index < -0.39 is 5.41 Å². The summed E-state index contributed by atoms with van der Waals surface area (Å²) in [4.78, 5) is 47.6. The van der Waals surface area contributed by atoms with E-state index in [4.69, 9.17) is 0 Å². The minimum absolute atomic E-state index is 0.00115. The van der Waals surface area contributed by atoms with Crippen LogP contribution in [-0.4, -0.2) is 69.5 Å². The quantitative estimate of drug-likeness (QED) is 0.753. The lowest BCUT2D eigenvalue weighted by atomic mass is 9.82. The zero-order valence-electron chi connectivity index (χ0n) is 16.2. The number of aromatic amines is 1. The average Bonchev–Trinajstić information content (AvgIpc) is 3.13. The van der Waals surface area contributed by atoms with Crippen molar-refractivity contribution in [2.75, 3.05) is 32.8 Å². The zero-order valence-corrected chi connectivity index (χ0v) is 16.2. The first kappa shape index (κ1) is 19.5. The van der Waals surface area contributed by atoms with E-state index in [-0.39, 0.29) is 36.3 Å². The summed E-state index contributed by atoms with van der Waals surface area (Å²) < 4.78 is 0. The molecule has 2 atom stereocenters. The molecule has 8 nitrogen and oxygen atoms in total. The third kappa shape index (κ3) is 3.63. The highest BCUT2D eigenvalue weighted by Gasteiger charge is 2.53. The highest BCUT2D eigenvalue weighted by molar-refractivity contribution is 5.80. The van der Waals surface area contributed by atoms with E-state index in [9.17, 15) is 19.5 Å². The van der Waals surface area contributed by atoms with Gasteiger partial charge in [-0.2, -0.15) is 0 Å². The molecule has 2 saturated heterocycles. The number of hydrogen-bond donors (Lipinski definition) is 2. The maximum absolute atomic E-state index is 12.8. The molecule has 0 aliphatic carbocycles. The van der Waals surface area contributed by atoms with Gasteiger partial charge in [-0.1, -0.05) is 6.92 Å². The van der Waals surface area contributed by atoms with Crippen LogP contribution in [0, 0.1) is 25.2 Å². The number of amides is 2. The number of carbonyl (C=O) groups excluding carboxylic acids is 2. The standard InChI is InChI=1S/C19H28N4O4/c1-4-5-16(25)22-7-14-8-23(10-19(14,9-22)11-24)17(26)6-15-12(2)20-13(3)21-18(15)27/h14,24H,4-11H2,1-3H3,(H,20,21,27)/t14-,19+/m1/s1. The largest absolute Gasteiger partial charge is 0.396 e. The van der Waals surface area contributed by atoms with E-state index in [1.54, 1.807) is 18.7 Å². The van der Waals surface area contributed by atoms with E-state index >= 15 is 0 Å². The van der Waals surface area contributed by atoms with Crippen LogP contribution in [0.2, 0.25) is 0 Å². The van der Waals surface area contributed by atoms with Crippen molar-refractivity contribution in [1.29, 1.82) is 0 Å². The molecule has 1 aromatic heterocycles. The average molecular weight is 376 g/mol. The van der Waals surface area contributed by atoms with E-state index in [0.717, 1.165) is 6.42 Å². The summed E-state index contributed by atoms with van der Waals surface area (Å²) >= 11 is 0. The molecule has 0 saturated carbocycles. The predicted molar refractivity (Wildman–Crippen MR) is 99.1 cm³/mol. The molecule has 2 aliphatic heterocycles. The molecule has 2 N–H and O–H groups in total. The van der Waals surface area contributed by atoms with Crippen LogP contribution < -0.4 is 5.56 Å². The second kappa shape index (κ2) is 7.42. The van der Waals surface area contributed by atoms with Crippen LogP contribution in [0.3, 0.4) is 0 Å². The summed E-state index contributed by atoms with van der Waals surface area (Å²) in [6, 6.07) is 0. The molecule has 0 radical (unpaired) electrons. The van der Waals surface area contributed by atoms with Crippen molar-refractivity contribution in [2.45, 2.75) is 40.0 Å². The molecular formula is C19H28N4O4. The van der Waals surface area contributed by atoms with Crippen molar-refractivity contribution < 1.29 is 14.7 Å². The van der Waals surface area contributed by atoms with Gasteiger partial charge in [-0.25, -0.2) is 4.98 Å². The second-order valence-corrected chi connectivity index (χ2v) is 7.91. The van der Waals surface area contributed by atoms with Crippen LogP contribution in [0.1, 0.15) is 36.8 Å². The molecule has 2 aliphatic rings. The maximum atomic E-state index is 12.8. The molecule has 3 heterocycles. The molecular weight excluding hydrogens is 348 g/mol. The van der Waals surface area contributed by atoms with Crippen LogP contribution in [0.5, 0.6) is 0 Å². The number of nitrogens with one attached hydrogen (secondary N) is 1. The number of H-pyrrole nitrogens is 1. The molecule has 0 unspecified atom stereocenters. The van der Waals surface area contributed by atoms with Crippen molar-refractivity contribution in [1.82, 2.24) is 19.8 Å². The number of fused-ring (bicyclic) bond motifs is 1. The van der Waals surface area contributed by atoms with Gasteiger partial charge in [-0.15, -0.1) is 0 Å². The van der Waals surface area contributed by atoms with Gasteiger partial charge in [0.25, 0.3) is 5.56 Å². The van der Waals surface area contributed by atoms with Gasteiger partial charge in [0, 0.05) is 55.2 Å². The predicted octanol–water partition coefficient (Wildman–Crippen LogP) is 0.00864. The topological polar surface area (TPSA) is 107 Å². The second-order valence-electron chi connectivity index (χ2n) is 7.91. The monoisotopic (exact) mass is 376 g/mol. The molecule has 0 spiro atoms. The Morgan fingerprint density at radius 2 is 1.85 bits per heavy atom. The van der Waals surface area contributed by atoms with Gasteiger partial charge in [-0.05, 0) is 20.3 Å². The van der Waals surface area contributed by atoms with Gasteiger partial charge in [0.15, 0.2) is 0 Å². The van der Waals surface area contributed by atoms with E-state index in [0.29, 0.717) is 49.7 Å². The van der Waals surface area contributed by atoms with Crippen LogP contribution in [-0.2, 0) is 16.0 Å². The lowest BCUT2D eigenvalue weighted by Gasteiger charge is -2.27. The van der Waals surface area contributed by atoms with Gasteiger partial charge in [0.1, 0.15) is 5.82 Å². The van der Waals surface area contributed by atoms with E-state index in [1.165, 1.54) is 0 Å². The first-order chi connectivity index (χ1) is 12.8. The number of aryl methyl sites for hydroxylation is 2. The lowest BCUT2D eigenvalue weighted by Crippen LogP contribution is -2.41. The maximum Gasteiger partial charge on any atom is 0.254 e. The summed E-state index contributed by atoms with van der Waals surface area (Å²) in [5.74, 6) is 0.580. The molecule has 0 bridgehead atoms. The van der Waals surface area contributed by atoms with Gasteiger partial charge < -0.3 is 19.9 Å². The number of hydrogen-bond acceptors (Lipinski definition) is 5. The number of aliphatic hydroxyl groups is 1. The highest BCUT2D eigenvalue weighted by Crippen LogP contribution is 2.42. The van der Waals surface area contributed by atoms with Crippen LogP contribution >= 0.6 is 0 Å². The van der Waals surface area contributed by atoms with Crippen molar-refractivity contribution in [3.8, 4) is 0 Å². The fourth-order valence-electron chi connectivity index (χ4n) is 4.38. The highest BCUT2D eigenvalue weighted by atomic mass is 16.3. The van der Waals surface area contributed by atoms with Gasteiger partial charge in [0.2, 0.25) is 11.8 Å². The van der Waals surface area contributed by atoms with Gasteiger partial charge >= 0.3 is 0 Å². The smallest absolute Gasteiger partial charge is 0.254 e. The summed E-state index contributed by atoms with van der Waals surface area (Å²) in [6.07, 6.45) is 1.32. The molecule has 2 amide bonds. The fourth-order valence-corrected chi connectivity index (χ4v) is 4.38. The Morgan fingerprint density at radius 3 is 2.37 bits per heavy atom. The molecule has 0 aromatic carbocycles. The number of aliphatic hydroxyl groups excluding tert-OH is 1. The summed E-state index contributed by atoms with van der Waals surface area (Å²) in [6.45, 7) is 7.35. The van der Waals surface area contributed by atoms with Gasteiger partial charge in [-0.3, -0.25) is 14.4 Å². The van der Waals surface area contributed by atoms with Crippen molar-refractivity contribution >= 4 is 11.8 Å². The Labute approximate surface area is 158 Å². The fraction of sp³-hybridized carbons (Fsp3) is 0.684.